The number of hydrogen-bond acceptors (Lipinski definition) is 3. The maximum absolute atomic E-state index is 4.01. The Kier molecular flexibility index (Phi) is 2.69. The monoisotopic (exact) mass is 220 g/mol. The second-order valence-electron chi connectivity index (χ2n) is 5.14. The minimum absolute atomic E-state index is 0.382. The molecule has 0 saturated carbocycles. The van der Waals surface area contributed by atoms with Gasteiger partial charge >= 0.3 is 0 Å². The molecule has 1 aromatic rings. The van der Waals surface area contributed by atoms with Gasteiger partial charge in [0.25, 0.3) is 0 Å². The van der Waals surface area contributed by atoms with Crippen LogP contribution in [0.2, 0.25) is 0 Å². The van der Waals surface area contributed by atoms with Gasteiger partial charge in [-0.1, -0.05) is 0 Å². The lowest BCUT2D eigenvalue weighted by molar-refractivity contribution is 0.0678. The molecule has 0 radical (unpaired) electrons. The molecule has 2 atom stereocenters. The Hall–Kier alpha value is -0.870. The van der Waals surface area contributed by atoms with Gasteiger partial charge in [0.15, 0.2) is 0 Å². The van der Waals surface area contributed by atoms with Gasteiger partial charge < -0.3 is 10.2 Å². The number of aromatic nitrogens is 2. The van der Waals surface area contributed by atoms with Crippen LogP contribution in [0.5, 0.6) is 0 Å². The minimum Gasteiger partial charge on any atom is -0.305 e. The molecule has 1 aromatic heterocycles. The van der Waals surface area contributed by atoms with Crippen LogP contribution in [-0.2, 0) is 0 Å². The topological polar surface area (TPSA) is 44.0 Å². The van der Waals surface area contributed by atoms with Crippen LogP contribution < -0.4 is 5.32 Å². The number of hydrogen-bond donors (Lipinski definition) is 2. The Labute approximate surface area is 96.4 Å². The Bertz CT molecular complexity index is 327. The minimum atomic E-state index is 0.382. The summed E-state index contributed by atoms with van der Waals surface area (Å²) in [4.78, 5) is 2.58. The van der Waals surface area contributed by atoms with Crippen LogP contribution in [0, 0.1) is 5.92 Å². The Morgan fingerprint density at radius 1 is 1.50 bits per heavy atom. The molecule has 4 heterocycles. The maximum atomic E-state index is 4.01. The summed E-state index contributed by atoms with van der Waals surface area (Å²) >= 11 is 0. The van der Waals surface area contributed by atoms with E-state index in [0.29, 0.717) is 12.1 Å². The average Bonchev–Trinajstić information content (AvgIpc) is 2.84. The highest BCUT2D eigenvalue weighted by atomic mass is 15.2. The Morgan fingerprint density at radius 2 is 2.31 bits per heavy atom. The van der Waals surface area contributed by atoms with Crippen molar-refractivity contribution in [2.45, 2.75) is 31.8 Å². The summed E-state index contributed by atoms with van der Waals surface area (Å²) in [5, 5.41) is 10.8. The summed E-state index contributed by atoms with van der Waals surface area (Å²) in [6, 6.07) is 3.10. The molecule has 3 aliphatic rings. The van der Waals surface area contributed by atoms with Crippen LogP contribution >= 0.6 is 0 Å². The number of nitrogens with zero attached hydrogens (tertiary/aromatic N) is 2. The van der Waals surface area contributed by atoms with Gasteiger partial charge in [-0.3, -0.25) is 5.10 Å². The predicted molar refractivity (Wildman–Crippen MR) is 63.1 cm³/mol. The lowest BCUT2D eigenvalue weighted by atomic mass is 9.83. The Balaban J connectivity index is 1.62. The van der Waals surface area contributed by atoms with Gasteiger partial charge in [-0.25, -0.2) is 0 Å². The number of H-pyrrole nitrogens is 1. The molecule has 4 rings (SSSR count). The zero-order valence-corrected chi connectivity index (χ0v) is 9.82. The van der Waals surface area contributed by atoms with E-state index in [4.69, 9.17) is 0 Å². The van der Waals surface area contributed by atoms with Crippen molar-refractivity contribution in [2.24, 2.45) is 5.92 Å². The number of fused-ring (bicyclic) bond motifs is 3. The van der Waals surface area contributed by atoms with Crippen LogP contribution in [0.15, 0.2) is 12.3 Å². The largest absolute Gasteiger partial charge is 0.305 e. The molecule has 3 aliphatic heterocycles. The molecule has 0 aromatic carbocycles. The molecular formula is C12H20N4. The second-order valence-corrected chi connectivity index (χ2v) is 5.14. The number of aromatic amines is 1. The highest BCUT2D eigenvalue weighted by Gasteiger charge is 2.34. The fourth-order valence-electron chi connectivity index (χ4n) is 3.07. The molecule has 0 aliphatic carbocycles. The summed E-state index contributed by atoms with van der Waals surface area (Å²) in [5.41, 5.74) is 1.19. The van der Waals surface area contributed by atoms with E-state index in [9.17, 15) is 0 Å². The van der Waals surface area contributed by atoms with Crippen LogP contribution in [0.3, 0.4) is 0 Å². The van der Waals surface area contributed by atoms with Crippen LogP contribution in [-0.4, -0.2) is 40.8 Å². The van der Waals surface area contributed by atoms with Gasteiger partial charge in [0.1, 0.15) is 0 Å². The Morgan fingerprint density at radius 3 is 2.88 bits per heavy atom. The number of nitrogens with one attached hydrogen (secondary N) is 2. The van der Waals surface area contributed by atoms with Crippen molar-refractivity contribution in [2.75, 3.05) is 19.6 Å². The normalized spacial score (nSPS) is 35.2. The van der Waals surface area contributed by atoms with Crippen molar-refractivity contribution in [3.05, 3.63) is 18.0 Å². The zero-order chi connectivity index (χ0) is 11.0. The number of rotatable bonds is 3. The van der Waals surface area contributed by atoms with Gasteiger partial charge in [0.05, 0.1) is 5.69 Å². The summed E-state index contributed by atoms with van der Waals surface area (Å²) in [5.74, 6) is 0.885. The first-order valence-electron chi connectivity index (χ1n) is 6.30. The van der Waals surface area contributed by atoms with Crippen molar-refractivity contribution >= 4 is 0 Å². The molecule has 2 bridgehead atoms. The van der Waals surface area contributed by atoms with Gasteiger partial charge in [-0.15, -0.1) is 0 Å². The summed E-state index contributed by atoms with van der Waals surface area (Å²) in [6.07, 6.45) is 4.56. The quantitative estimate of drug-likeness (QED) is 0.803. The molecule has 2 unspecified atom stereocenters. The van der Waals surface area contributed by atoms with E-state index < -0.39 is 0 Å². The molecule has 4 heteroatoms. The van der Waals surface area contributed by atoms with Crippen LogP contribution in [0.1, 0.15) is 31.5 Å². The highest BCUT2D eigenvalue weighted by molar-refractivity contribution is 5.04. The van der Waals surface area contributed by atoms with E-state index in [-0.39, 0.29) is 0 Å². The fourth-order valence-corrected chi connectivity index (χ4v) is 3.07. The van der Waals surface area contributed by atoms with Crippen LogP contribution in [0.25, 0.3) is 0 Å². The van der Waals surface area contributed by atoms with Gasteiger partial charge in [0.2, 0.25) is 0 Å². The molecule has 0 amide bonds. The molecule has 3 saturated heterocycles. The van der Waals surface area contributed by atoms with Crippen molar-refractivity contribution in [1.29, 1.82) is 0 Å². The van der Waals surface area contributed by atoms with E-state index in [1.807, 2.05) is 6.20 Å². The van der Waals surface area contributed by atoms with Gasteiger partial charge in [-0.2, -0.15) is 5.10 Å². The highest BCUT2D eigenvalue weighted by Crippen LogP contribution is 2.28. The lowest BCUT2D eigenvalue weighted by Gasteiger charge is -2.45. The first-order chi connectivity index (χ1) is 7.83. The summed E-state index contributed by atoms with van der Waals surface area (Å²) in [6.45, 7) is 6.05. The SMILES string of the molecule is CC(NC1CN2CCC1CC2)c1ccn[nH]1. The lowest BCUT2D eigenvalue weighted by Crippen LogP contribution is -2.56. The molecule has 16 heavy (non-hydrogen) atoms. The zero-order valence-electron chi connectivity index (χ0n) is 9.82. The smallest absolute Gasteiger partial charge is 0.0518 e. The first-order valence-corrected chi connectivity index (χ1v) is 6.30. The molecule has 4 nitrogen and oxygen atoms in total. The molecule has 3 fully saturated rings. The third-order valence-corrected chi connectivity index (χ3v) is 4.11. The first kappa shape index (κ1) is 10.3. The molecule has 0 spiro atoms. The third-order valence-electron chi connectivity index (χ3n) is 4.11. The number of piperidine rings is 3. The predicted octanol–water partition coefficient (Wildman–Crippen LogP) is 1.15. The summed E-state index contributed by atoms with van der Waals surface area (Å²) in [7, 11) is 0. The van der Waals surface area contributed by atoms with Crippen molar-refractivity contribution in [3.8, 4) is 0 Å². The molecular weight excluding hydrogens is 200 g/mol. The van der Waals surface area contributed by atoms with Crippen molar-refractivity contribution in [3.63, 3.8) is 0 Å². The maximum Gasteiger partial charge on any atom is 0.0518 e. The van der Waals surface area contributed by atoms with Crippen molar-refractivity contribution < 1.29 is 0 Å². The third kappa shape index (κ3) is 1.87. The van der Waals surface area contributed by atoms with E-state index in [0.717, 1.165) is 5.92 Å². The van der Waals surface area contributed by atoms with E-state index in [1.54, 1.807) is 0 Å². The molecule has 2 N–H and O–H groups in total. The van der Waals surface area contributed by atoms with E-state index >= 15 is 0 Å². The van der Waals surface area contributed by atoms with Gasteiger partial charge in [-0.05, 0) is 44.8 Å². The molecule has 88 valence electrons. The standard InChI is InChI=1S/C12H20N4/c1-9(11-2-5-13-15-11)14-12-8-16-6-3-10(12)4-7-16/h2,5,9-10,12,14H,3-4,6-8H2,1H3,(H,13,15). The van der Waals surface area contributed by atoms with E-state index in [2.05, 4.69) is 33.4 Å². The van der Waals surface area contributed by atoms with Gasteiger partial charge in [0, 0.05) is 24.8 Å². The van der Waals surface area contributed by atoms with Crippen LogP contribution in [0.4, 0.5) is 0 Å². The van der Waals surface area contributed by atoms with Crippen molar-refractivity contribution in [1.82, 2.24) is 20.4 Å². The second kappa shape index (κ2) is 4.18. The summed E-state index contributed by atoms with van der Waals surface area (Å²) < 4.78 is 0. The average molecular weight is 220 g/mol. The van der Waals surface area contributed by atoms with E-state index in [1.165, 1.54) is 38.2 Å². The fraction of sp³-hybridized carbons (Fsp3) is 0.750.